The standard InChI is InChI=1S/C16H22F3N/c1-12(11-13-7-3-2-4-8-13)20-15-10-6-5-9-14(15)16(17,18)19/h2-4,7-8,12,14-15,20H,5-6,9-11H2,1H3. The molecule has 20 heavy (non-hydrogen) atoms. The van der Waals surface area contributed by atoms with Crippen molar-refractivity contribution < 1.29 is 13.2 Å². The Morgan fingerprint density at radius 2 is 1.80 bits per heavy atom. The Morgan fingerprint density at radius 1 is 1.15 bits per heavy atom. The Morgan fingerprint density at radius 3 is 2.45 bits per heavy atom. The van der Waals surface area contributed by atoms with Gasteiger partial charge < -0.3 is 5.32 Å². The summed E-state index contributed by atoms with van der Waals surface area (Å²) in [5.41, 5.74) is 1.16. The number of hydrogen-bond acceptors (Lipinski definition) is 1. The SMILES string of the molecule is CC(Cc1ccccc1)NC1CCCCC1C(F)(F)F. The molecule has 4 heteroatoms. The van der Waals surface area contributed by atoms with Crippen molar-refractivity contribution in [1.29, 1.82) is 0 Å². The lowest BCUT2D eigenvalue weighted by Gasteiger charge is -2.35. The third kappa shape index (κ3) is 4.23. The van der Waals surface area contributed by atoms with E-state index >= 15 is 0 Å². The molecule has 1 fully saturated rings. The first-order valence-electron chi connectivity index (χ1n) is 7.33. The van der Waals surface area contributed by atoms with E-state index in [-0.39, 0.29) is 12.5 Å². The van der Waals surface area contributed by atoms with Gasteiger partial charge in [0.1, 0.15) is 0 Å². The summed E-state index contributed by atoms with van der Waals surface area (Å²) in [6.45, 7) is 1.97. The second-order valence-electron chi connectivity index (χ2n) is 5.80. The van der Waals surface area contributed by atoms with Crippen molar-refractivity contribution in [3.63, 3.8) is 0 Å². The van der Waals surface area contributed by atoms with Crippen molar-refractivity contribution >= 4 is 0 Å². The topological polar surface area (TPSA) is 12.0 Å². The molecule has 0 saturated heterocycles. The van der Waals surface area contributed by atoms with Gasteiger partial charge in [0.25, 0.3) is 0 Å². The molecule has 0 radical (unpaired) electrons. The molecular formula is C16H22F3N. The zero-order chi connectivity index (χ0) is 14.6. The fourth-order valence-electron chi connectivity index (χ4n) is 3.11. The van der Waals surface area contributed by atoms with Gasteiger partial charge >= 0.3 is 6.18 Å². The fraction of sp³-hybridized carbons (Fsp3) is 0.625. The number of hydrogen-bond donors (Lipinski definition) is 1. The van der Waals surface area contributed by atoms with E-state index in [0.29, 0.717) is 12.8 Å². The van der Waals surface area contributed by atoms with Crippen LogP contribution < -0.4 is 5.32 Å². The molecule has 1 aromatic rings. The maximum Gasteiger partial charge on any atom is 0.393 e. The highest BCUT2D eigenvalue weighted by atomic mass is 19.4. The van der Waals surface area contributed by atoms with E-state index in [4.69, 9.17) is 0 Å². The van der Waals surface area contributed by atoms with Gasteiger partial charge in [-0.05, 0) is 31.7 Å². The monoisotopic (exact) mass is 285 g/mol. The van der Waals surface area contributed by atoms with Gasteiger partial charge in [0.2, 0.25) is 0 Å². The van der Waals surface area contributed by atoms with Crippen LogP contribution >= 0.6 is 0 Å². The maximum atomic E-state index is 13.0. The van der Waals surface area contributed by atoms with Crippen LogP contribution in [0.25, 0.3) is 0 Å². The molecule has 1 saturated carbocycles. The second kappa shape index (κ2) is 6.61. The van der Waals surface area contributed by atoms with E-state index < -0.39 is 18.1 Å². The van der Waals surface area contributed by atoms with Gasteiger partial charge in [-0.1, -0.05) is 43.2 Å². The van der Waals surface area contributed by atoms with Crippen LogP contribution in [0.15, 0.2) is 30.3 Å². The molecule has 0 amide bonds. The molecule has 0 heterocycles. The third-order valence-corrected chi connectivity index (χ3v) is 4.07. The molecule has 0 aliphatic heterocycles. The molecule has 3 atom stereocenters. The Balaban J connectivity index is 1.93. The van der Waals surface area contributed by atoms with Gasteiger partial charge in [-0.15, -0.1) is 0 Å². The highest BCUT2D eigenvalue weighted by Crippen LogP contribution is 2.37. The molecule has 2 rings (SSSR count). The minimum Gasteiger partial charge on any atom is -0.311 e. The molecule has 0 aromatic heterocycles. The van der Waals surface area contributed by atoms with Gasteiger partial charge in [0.15, 0.2) is 0 Å². The minimum absolute atomic E-state index is 0.0605. The highest BCUT2D eigenvalue weighted by molar-refractivity contribution is 5.15. The summed E-state index contributed by atoms with van der Waals surface area (Å²) in [5, 5.41) is 3.20. The van der Waals surface area contributed by atoms with Gasteiger partial charge in [-0.2, -0.15) is 13.2 Å². The van der Waals surface area contributed by atoms with E-state index in [1.165, 1.54) is 0 Å². The van der Waals surface area contributed by atoms with Gasteiger partial charge in [-0.25, -0.2) is 0 Å². The van der Waals surface area contributed by atoms with E-state index in [2.05, 4.69) is 5.32 Å². The smallest absolute Gasteiger partial charge is 0.311 e. The molecule has 0 bridgehead atoms. The molecule has 3 unspecified atom stereocenters. The van der Waals surface area contributed by atoms with Crippen LogP contribution in [0.3, 0.4) is 0 Å². The molecule has 112 valence electrons. The zero-order valence-electron chi connectivity index (χ0n) is 11.8. The zero-order valence-corrected chi connectivity index (χ0v) is 11.8. The lowest BCUT2D eigenvalue weighted by atomic mass is 9.83. The van der Waals surface area contributed by atoms with Crippen molar-refractivity contribution in [3.8, 4) is 0 Å². The number of nitrogens with one attached hydrogen (secondary N) is 1. The average molecular weight is 285 g/mol. The molecular weight excluding hydrogens is 263 g/mol. The fourth-order valence-corrected chi connectivity index (χ4v) is 3.11. The Kier molecular flexibility index (Phi) is 5.08. The van der Waals surface area contributed by atoms with Gasteiger partial charge in [0, 0.05) is 12.1 Å². The van der Waals surface area contributed by atoms with Crippen molar-refractivity contribution in [3.05, 3.63) is 35.9 Å². The summed E-state index contributed by atoms with van der Waals surface area (Å²) in [5.74, 6) is -1.19. The highest BCUT2D eigenvalue weighted by Gasteiger charge is 2.45. The molecule has 1 aliphatic rings. The van der Waals surface area contributed by atoms with Crippen LogP contribution in [0.4, 0.5) is 13.2 Å². The first kappa shape index (κ1) is 15.4. The lowest BCUT2D eigenvalue weighted by molar-refractivity contribution is -0.189. The van der Waals surface area contributed by atoms with Gasteiger partial charge in [0.05, 0.1) is 5.92 Å². The Bertz CT molecular complexity index is 402. The summed E-state index contributed by atoms with van der Waals surface area (Å²) in [4.78, 5) is 0. The molecule has 1 aromatic carbocycles. The van der Waals surface area contributed by atoms with Crippen LogP contribution in [0, 0.1) is 5.92 Å². The maximum absolute atomic E-state index is 13.0. The van der Waals surface area contributed by atoms with Crippen LogP contribution in [-0.2, 0) is 6.42 Å². The number of benzene rings is 1. The van der Waals surface area contributed by atoms with E-state index in [1.54, 1.807) is 0 Å². The minimum atomic E-state index is -4.08. The van der Waals surface area contributed by atoms with Crippen molar-refractivity contribution in [2.24, 2.45) is 5.92 Å². The quantitative estimate of drug-likeness (QED) is 0.868. The second-order valence-corrected chi connectivity index (χ2v) is 5.80. The molecule has 0 spiro atoms. The summed E-state index contributed by atoms with van der Waals surface area (Å²) in [6, 6.07) is 9.53. The van der Waals surface area contributed by atoms with E-state index in [1.807, 2.05) is 37.3 Å². The normalized spacial score (nSPS) is 25.4. The number of alkyl halides is 3. The largest absolute Gasteiger partial charge is 0.393 e. The Labute approximate surface area is 118 Å². The van der Waals surface area contributed by atoms with Crippen molar-refractivity contribution in [1.82, 2.24) is 5.32 Å². The lowest BCUT2D eigenvalue weighted by Crippen LogP contribution is -2.49. The van der Waals surface area contributed by atoms with Crippen molar-refractivity contribution in [2.75, 3.05) is 0 Å². The number of rotatable bonds is 4. The first-order valence-corrected chi connectivity index (χ1v) is 7.33. The Hall–Kier alpha value is -1.03. The molecule has 1 N–H and O–H groups in total. The molecule has 1 nitrogen and oxygen atoms in total. The van der Waals surface area contributed by atoms with E-state index in [0.717, 1.165) is 18.4 Å². The first-order chi connectivity index (χ1) is 9.47. The predicted octanol–water partition coefficient (Wildman–Crippen LogP) is 4.33. The van der Waals surface area contributed by atoms with E-state index in [9.17, 15) is 13.2 Å². The number of halogens is 3. The summed E-state index contributed by atoms with van der Waals surface area (Å²) >= 11 is 0. The van der Waals surface area contributed by atoms with Crippen LogP contribution in [-0.4, -0.2) is 18.3 Å². The summed E-state index contributed by atoms with van der Waals surface area (Å²) in [7, 11) is 0. The van der Waals surface area contributed by atoms with Crippen molar-refractivity contribution in [2.45, 2.75) is 57.3 Å². The summed E-state index contributed by atoms with van der Waals surface area (Å²) in [6.07, 6.45) is -0.841. The van der Waals surface area contributed by atoms with Crippen LogP contribution in [0.1, 0.15) is 38.2 Å². The predicted molar refractivity (Wildman–Crippen MR) is 74.5 cm³/mol. The van der Waals surface area contributed by atoms with Crippen LogP contribution in [0.2, 0.25) is 0 Å². The third-order valence-electron chi connectivity index (χ3n) is 4.07. The van der Waals surface area contributed by atoms with Crippen LogP contribution in [0.5, 0.6) is 0 Å². The molecule has 1 aliphatic carbocycles. The van der Waals surface area contributed by atoms with Gasteiger partial charge in [-0.3, -0.25) is 0 Å². The summed E-state index contributed by atoms with van der Waals surface area (Å²) < 4.78 is 39.1. The average Bonchev–Trinajstić information content (AvgIpc) is 2.39.